The summed E-state index contributed by atoms with van der Waals surface area (Å²) in [7, 11) is 0. The van der Waals surface area contributed by atoms with Gasteiger partial charge in [0.1, 0.15) is 17.6 Å². The molecule has 0 bridgehead atoms. The molecule has 4 nitrogen and oxygen atoms in total. The van der Waals surface area contributed by atoms with Crippen LogP contribution in [-0.4, -0.2) is 5.97 Å². The topological polar surface area (TPSA) is 59.3 Å². The summed E-state index contributed by atoms with van der Waals surface area (Å²) in [6.07, 6.45) is 0.960. The zero-order valence-electron chi connectivity index (χ0n) is 15.4. The van der Waals surface area contributed by atoms with Gasteiger partial charge >= 0.3 is 5.97 Å². The molecule has 0 saturated heterocycles. The Labute approximate surface area is 181 Å². The van der Waals surface area contributed by atoms with Gasteiger partial charge in [-0.05, 0) is 67.5 Å². The summed E-state index contributed by atoms with van der Waals surface area (Å²) in [6, 6.07) is 18.5. The molecule has 0 heterocycles. The maximum atomic E-state index is 12.7. The molecule has 0 amide bonds. The van der Waals surface area contributed by atoms with Gasteiger partial charge in [-0.25, -0.2) is 0 Å². The molecule has 28 heavy (non-hydrogen) atoms. The molecule has 0 aliphatic heterocycles. The van der Waals surface area contributed by atoms with Crippen LogP contribution in [0.3, 0.4) is 0 Å². The Bertz CT molecular complexity index is 930. The summed E-state index contributed by atoms with van der Waals surface area (Å²) in [4.78, 5) is 12.7. The molecule has 2 aromatic carbocycles. The molecule has 1 aliphatic rings. The highest BCUT2D eigenvalue weighted by atomic mass is 79.9. The third kappa shape index (κ3) is 4.65. The second kappa shape index (κ2) is 8.50. The lowest BCUT2D eigenvalue weighted by molar-refractivity contribution is -0.149. The summed E-state index contributed by atoms with van der Waals surface area (Å²) in [5, 5.41) is 9.56. The molecule has 2 aromatic rings. The Morgan fingerprint density at radius 1 is 1.14 bits per heavy atom. The number of hydrogen-bond donors (Lipinski definition) is 0. The minimum Gasteiger partial charge on any atom is -0.457 e. The fourth-order valence-corrected chi connectivity index (χ4v) is 3.87. The molecule has 0 spiro atoms. The molecule has 6 heteroatoms. The number of nitrogens with zero attached hydrogens (tertiary/aromatic N) is 1. The number of benzene rings is 2. The Kier molecular flexibility index (Phi) is 6.26. The van der Waals surface area contributed by atoms with E-state index >= 15 is 0 Å². The minimum atomic E-state index is -0.986. The summed E-state index contributed by atoms with van der Waals surface area (Å²) in [5.41, 5.74) is 0.374. The van der Waals surface area contributed by atoms with E-state index in [2.05, 4.69) is 37.9 Å². The third-order valence-corrected chi connectivity index (χ3v) is 5.49. The standard InChI is InChI=1S/C22H19Br2NO3/c1-22(2)17(12-19(23)24)20(22)21(26)28-18(13-25)14-7-6-10-16(11-14)27-15-8-4-3-5-9-15/h3-12,17-18,20H,1-2H3/t17-,18?,20-/m0/s1. The molecule has 144 valence electrons. The Morgan fingerprint density at radius 2 is 1.82 bits per heavy atom. The van der Waals surface area contributed by atoms with Crippen molar-refractivity contribution in [3.8, 4) is 17.6 Å². The van der Waals surface area contributed by atoms with E-state index in [0.717, 1.165) is 3.39 Å². The van der Waals surface area contributed by atoms with Crippen LogP contribution in [0.4, 0.5) is 0 Å². The second-order valence-corrected chi connectivity index (χ2v) is 9.99. The lowest BCUT2D eigenvalue weighted by Crippen LogP contribution is -2.14. The van der Waals surface area contributed by atoms with Crippen LogP contribution in [0, 0.1) is 28.6 Å². The van der Waals surface area contributed by atoms with Crippen LogP contribution in [0.1, 0.15) is 25.5 Å². The average Bonchev–Trinajstić information content (AvgIpc) is 3.20. The number of hydrogen-bond acceptors (Lipinski definition) is 4. The van der Waals surface area contributed by atoms with Crippen LogP contribution in [0.5, 0.6) is 11.5 Å². The first-order chi connectivity index (χ1) is 13.3. The van der Waals surface area contributed by atoms with E-state index in [1.54, 1.807) is 24.3 Å². The quantitative estimate of drug-likeness (QED) is 0.422. The van der Waals surface area contributed by atoms with Gasteiger partial charge in [-0.2, -0.15) is 5.26 Å². The fourth-order valence-electron chi connectivity index (χ4n) is 3.30. The number of esters is 1. The van der Waals surface area contributed by atoms with Crippen LogP contribution in [0.15, 0.2) is 64.1 Å². The SMILES string of the molecule is CC1(C)[C@H](C(=O)OC(C#N)c2cccc(Oc3ccccc3)c2)[C@@H]1C=C(Br)Br. The molecular weight excluding hydrogens is 486 g/mol. The van der Waals surface area contributed by atoms with Crippen molar-refractivity contribution in [2.24, 2.45) is 17.3 Å². The first kappa shape index (κ1) is 20.6. The van der Waals surface area contributed by atoms with E-state index in [4.69, 9.17) is 9.47 Å². The minimum absolute atomic E-state index is 0.0563. The van der Waals surface area contributed by atoms with Gasteiger partial charge < -0.3 is 9.47 Å². The van der Waals surface area contributed by atoms with Crippen LogP contribution in [-0.2, 0) is 9.53 Å². The third-order valence-electron chi connectivity index (χ3n) is 4.96. The van der Waals surface area contributed by atoms with Gasteiger partial charge in [0.25, 0.3) is 0 Å². The number of ether oxygens (including phenoxy) is 2. The van der Waals surface area contributed by atoms with Gasteiger partial charge in [-0.3, -0.25) is 4.79 Å². The van der Waals surface area contributed by atoms with Crippen molar-refractivity contribution >= 4 is 37.8 Å². The smallest absolute Gasteiger partial charge is 0.311 e. The number of allylic oxidation sites excluding steroid dienone is 1. The second-order valence-electron chi connectivity index (χ2n) is 7.21. The van der Waals surface area contributed by atoms with Crippen molar-refractivity contribution in [2.75, 3.05) is 0 Å². The maximum Gasteiger partial charge on any atom is 0.311 e. The zero-order chi connectivity index (χ0) is 20.3. The lowest BCUT2D eigenvalue weighted by atomic mass is 10.1. The summed E-state index contributed by atoms with van der Waals surface area (Å²) < 4.78 is 12.2. The number of carbonyl (C=O) groups is 1. The average molecular weight is 505 g/mol. The maximum absolute atomic E-state index is 12.7. The van der Waals surface area contributed by atoms with Gasteiger partial charge in [0.15, 0.2) is 0 Å². The molecule has 1 aliphatic carbocycles. The first-order valence-electron chi connectivity index (χ1n) is 8.78. The molecule has 0 aromatic heterocycles. The highest BCUT2D eigenvalue weighted by Crippen LogP contribution is 2.60. The van der Waals surface area contributed by atoms with E-state index in [0.29, 0.717) is 17.1 Å². The molecule has 3 rings (SSSR count). The molecule has 1 fully saturated rings. The van der Waals surface area contributed by atoms with E-state index < -0.39 is 6.10 Å². The van der Waals surface area contributed by atoms with Crippen molar-refractivity contribution in [1.29, 1.82) is 5.26 Å². The van der Waals surface area contributed by atoms with Crippen molar-refractivity contribution in [3.05, 3.63) is 69.6 Å². The number of rotatable bonds is 6. The van der Waals surface area contributed by atoms with Gasteiger partial charge in [-0.1, -0.05) is 50.3 Å². The lowest BCUT2D eigenvalue weighted by Gasteiger charge is -2.13. The Balaban J connectivity index is 1.72. The summed E-state index contributed by atoms with van der Waals surface area (Å²) in [5.74, 6) is 0.683. The molecule has 1 unspecified atom stereocenters. The number of halogens is 2. The van der Waals surface area contributed by atoms with Crippen LogP contribution >= 0.6 is 31.9 Å². The zero-order valence-corrected chi connectivity index (χ0v) is 18.6. The van der Waals surface area contributed by atoms with Crippen molar-refractivity contribution in [2.45, 2.75) is 20.0 Å². The van der Waals surface area contributed by atoms with Gasteiger partial charge in [0.2, 0.25) is 6.10 Å². The molecule has 1 saturated carbocycles. The number of carbonyl (C=O) groups excluding carboxylic acids is 1. The normalized spacial score (nSPS) is 20.4. The van der Waals surface area contributed by atoms with Gasteiger partial charge in [-0.15, -0.1) is 0 Å². The summed E-state index contributed by atoms with van der Waals surface area (Å²) >= 11 is 6.68. The van der Waals surface area contributed by atoms with Crippen molar-refractivity contribution in [3.63, 3.8) is 0 Å². The van der Waals surface area contributed by atoms with E-state index in [9.17, 15) is 10.1 Å². The highest BCUT2D eigenvalue weighted by Gasteiger charge is 2.61. The van der Waals surface area contributed by atoms with E-state index in [-0.39, 0.29) is 23.2 Å². The summed E-state index contributed by atoms with van der Waals surface area (Å²) in [6.45, 7) is 4.03. The van der Waals surface area contributed by atoms with Crippen molar-refractivity contribution in [1.82, 2.24) is 0 Å². The van der Waals surface area contributed by atoms with E-state index in [1.807, 2.05) is 50.3 Å². The Hall–Kier alpha value is -2.10. The highest BCUT2D eigenvalue weighted by molar-refractivity contribution is 9.28. The fraction of sp³-hybridized carbons (Fsp3) is 0.273. The molecular formula is C22H19Br2NO3. The van der Waals surface area contributed by atoms with Crippen LogP contribution < -0.4 is 4.74 Å². The predicted molar refractivity (Wildman–Crippen MR) is 114 cm³/mol. The van der Waals surface area contributed by atoms with Crippen LogP contribution in [0.25, 0.3) is 0 Å². The van der Waals surface area contributed by atoms with Gasteiger partial charge in [0.05, 0.1) is 9.31 Å². The van der Waals surface area contributed by atoms with Gasteiger partial charge in [0, 0.05) is 5.56 Å². The number of nitriles is 1. The number of para-hydroxylation sites is 1. The molecule has 3 atom stereocenters. The molecule has 0 N–H and O–H groups in total. The van der Waals surface area contributed by atoms with Crippen molar-refractivity contribution < 1.29 is 14.3 Å². The molecule has 0 radical (unpaired) electrons. The first-order valence-corrected chi connectivity index (χ1v) is 10.4. The van der Waals surface area contributed by atoms with E-state index in [1.165, 1.54) is 0 Å². The van der Waals surface area contributed by atoms with Crippen LogP contribution in [0.2, 0.25) is 0 Å². The monoisotopic (exact) mass is 503 g/mol. The predicted octanol–water partition coefficient (Wildman–Crippen LogP) is 6.49. The largest absolute Gasteiger partial charge is 0.457 e. The Morgan fingerprint density at radius 3 is 2.46 bits per heavy atom.